The number of rotatable bonds is 4. The van der Waals surface area contributed by atoms with Gasteiger partial charge in [0.15, 0.2) is 0 Å². The molecule has 0 aromatic heterocycles. The number of phenols is 1. The molecule has 128 valence electrons. The second kappa shape index (κ2) is 7.03. The molecule has 0 spiro atoms. The lowest BCUT2D eigenvalue weighted by atomic mass is 9.84. The van der Waals surface area contributed by atoms with Crippen LogP contribution in [0.1, 0.15) is 43.6 Å². The van der Waals surface area contributed by atoms with Gasteiger partial charge in [-0.1, -0.05) is 43.0 Å². The van der Waals surface area contributed by atoms with Crippen molar-refractivity contribution in [3.05, 3.63) is 53.1 Å². The van der Waals surface area contributed by atoms with E-state index in [0.29, 0.717) is 10.9 Å². The van der Waals surface area contributed by atoms with Gasteiger partial charge in [-0.05, 0) is 54.7 Å². The number of hydrogen-bond acceptors (Lipinski definition) is 3. The maximum atomic E-state index is 12.5. The molecular weight excluding hydrogens is 346 g/mol. The van der Waals surface area contributed by atoms with Gasteiger partial charge in [-0.2, -0.15) is 0 Å². The molecule has 0 unspecified atom stereocenters. The topological polar surface area (TPSA) is 66.4 Å². The highest BCUT2D eigenvalue weighted by atomic mass is 35.5. The largest absolute Gasteiger partial charge is 0.506 e. The fourth-order valence-electron chi connectivity index (χ4n) is 3.15. The van der Waals surface area contributed by atoms with Gasteiger partial charge in [0.2, 0.25) is 0 Å². The van der Waals surface area contributed by atoms with Crippen LogP contribution in [0.5, 0.6) is 5.75 Å². The van der Waals surface area contributed by atoms with E-state index in [4.69, 9.17) is 11.6 Å². The molecule has 0 aliphatic heterocycles. The van der Waals surface area contributed by atoms with E-state index in [0.717, 1.165) is 0 Å². The molecule has 2 aromatic carbocycles. The number of sulfonamides is 1. The van der Waals surface area contributed by atoms with Crippen LogP contribution in [0.3, 0.4) is 0 Å². The first-order valence-corrected chi connectivity index (χ1v) is 9.93. The molecule has 1 aliphatic rings. The first-order chi connectivity index (χ1) is 11.5. The summed E-state index contributed by atoms with van der Waals surface area (Å²) in [7, 11) is -3.77. The molecule has 3 rings (SSSR count). The van der Waals surface area contributed by atoms with Gasteiger partial charge in [0.1, 0.15) is 5.75 Å². The van der Waals surface area contributed by atoms with Crippen molar-refractivity contribution in [3.8, 4) is 5.75 Å². The SMILES string of the molecule is O=S(=O)(Nc1cc(Cl)ccc1O)c1ccc(C2CCCCC2)cc1. The molecule has 0 atom stereocenters. The van der Waals surface area contributed by atoms with E-state index in [1.165, 1.54) is 55.9 Å². The lowest BCUT2D eigenvalue weighted by Gasteiger charge is -2.22. The molecule has 1 fully saturated rings. The van der Waals surface area contributed by atoms with Crippen molar-refractivity contribution >= 4 is 27.3 Å². The van der Waals surface area contributed by atoms with Crippen molar-refractivity contribution in [1.82, 2.24) is 0 Å². The monoisotopic (exact) mass is 365 g/mol. The second-order valence-corrected chi connectivity index (χ2v) is 8.29. The van der Waals surface area contributed by atoms with Gasteiger partial charge < -0.3 is 5.11 Å². The number of halogens is 1. The van der Waals surface area contributed by atoms with Crippen molar-refractivity contribution < 1.29 is 13.5 Å². The number of nitrogens with one attached hydrogen (secondary N) is 1. The zero-order chi connectivity index (χ0) is 17.2. The molecule has 0 saturated heterocycles. The van der Waals surface area contributed by atoms with Crippen molar-refractivity contribution in [2.45, 2.75) is 42.9 Å². The first-order valence-electron chi connectivity index (χ1n) is 8.07. The average molecular weight is 366 g/mol. The van der Waals surface area contributed by atoms with Crippen LogP contribution in [0.25, 0.3) is 0 Å². The number of aromatic hydroxyl groups is 1. The van der Waals surface area contributed by atoms with Crippen molar-refractivity contribution in [3.63, 3.8) is 0 Å². The Labute approximate surface area is 147 Å². The van der Waals surface area contributed by atoms with Crippen LogP contribution < -0.4 is 4.72 Å². The Morgan fingerprint density at radius 2 is 1.67 bits per heavy atom. The van der Waals surface area contributed by atoms with Gasteiger partial charge in [-0.15, -0.1) is 0 Å². The average Bonchev–Trinajstić information content (AvgIpc) is 2.59. The van der Waals surface area contributed by atoms with Gasteiger partial charge in [0, 0.05) is 5.02 Å². The third-order valence-corrected chi connectivity index (χ3v) is 6.09. The maximum Gasteiger partial charge on any atom is 0.262 e. The normalized spacial score (nSPS) is 16.0. The summed E-state index contributed by atoms with van der Waals surface area (Å²) in [5, 5.41) is 10.1. The van der Waals surface area contributed by atoms with Crippen molar-refractivity contribution in [1.29, 1.82) is 0 Å². The predicted octanol–water partition coefficient (Wildman–Crippen LogP) is 4.89. The van der Waals surface area contributed by atoms with Crippen LogP contribution in [-0.4, -0.2) is 13.5 Å². The molecule has 0 bridgehead atoms. The molecule has 1 aliphatic carbocycles. The summed E-state index contributed by atoms with van der Waals surface area (Å²) in [6, 6.07) is 11.2. The fourth-order valence-corrected chi connectivity index (χ4v) is 4.39. The molecule has 0 heterocycles. The van der Waals surface area contributed by atoms with E-state index >= 15 is 0 Å². The quantitative estimate of drug-likeness (QED) is 0.757. The summed E-state index contributed by atoms with van der Waals surface area (Å²) in [5.74, 6) is 0.363. The van der Waals surface area contributed by atoms with Gasteiger partial charge in [0.05, 0.1) is 10.6 Å². The van der Waals surface area contributed by atoms with E-state index < -0.39 is 10.0 Å². The van der Waals surface area contributed by atoms with Crippen LogP contribution in [-0.2, 0) is 10.0 Å². The van der Waals surface area contributed by atoms with Crippen LogP contribution in [0.4, 0.5) is 5.69 Å². The predicted molar refractivity (Wildman–Crippen MR) is 96.2 cm³/mol. The molecule has 2 N–H and O–H groups in total. The number of phenolic OH excluding ortho intramolecular Hbond substituents is 1. The van der Waals surface area contributed by atoms with Gasteiger partial charge in [0.25, 0.3) is 10.0 Å². The minimum atomic E-state index is -3.77. The standard InChI is InChI=1S/C18H20ClNO3S/c19-15-8-11-18(21)17(12-15)20-24(22,23)16-9-6-14(7-10-16)13-4-2-1-3-5-13/h6-13,20-21H,1-5H2. The Balaban J connectivity index is 1.80. The van der Waals surface area contributed by atoms with Crippen LogP contribution in [0.15, 0.2) is 47.4 Å². The van der Waals surface area contributed by atoms with Crippen LogP contribution >= 0.6 is 11.6 Å². The van der Waals surface area contributed by atoms with Gasteiger partial charge in [-0.3, -0.25) is 4.72 Å². The Morgan fingerprint density at radius 3 is 2.33 bits per heavy atom. The molecule has 6 heteroatoms. The fraction of sp³-hybridized carbons (Fsp3) is 0.333. The molecule has 1 saturated carbocycles. The van der Waals surface area contributed by atoms with E-state index in [1.807, 2.05) is 12.1 Å². The number of anilines is 1. The number of benzene rings is 2. The highest BCUT2D eigenvalue weighted by molar-refractivity contribution is 7.92. The third-order valence-electron chi connectivity index (χ3n) is 4.47. The second-order valence-electron chi connectivity index (χ2n) is 6.17. The Hall–Kier alpha value is -1.72. The third kappa shape index (κ3) is 3.84. The maximum absolute atomic E-state index is 12.5. The first kappa shape index (κ1) is 17.1. The number of hydrogen-bond donors (Lipinski definition) is 2. The molecular formula is C18H20ClNO3S. The summed E-state index contributed by atoms with van der Waals surface area (Å²) in [5.41, 5.74) is 1.26. The minimum Gasteiger partial charge on any atom is -0.506 e. The highest BCUT2D eigenvalue weighted by Crippen LogP contribution is 2.33. The van der Waals surface area contributed by atoms with Gasteiger partial charge in [-0.25, -0.2) is 8.42 Å². The molecule has 24 heavy (non-hydrogen) atoms. The molecule has 2 aromatic rings. The summed E-state index contributed by atoms with van der Waals surface area (Å²) < 4.78 is 27.4. The van der Waals surface area contributed by atoms with Gasteiger partial charge >= 0.3 is 0 Å². The smallest absolute Gasteiger partial charge is 0.262 e. The Bertz CT molecular complexity index is 813. The zero-order valence-electron chi connectivity index (χ0n) is 13.2. The summed E-state index contributed by atoms with van der Waals surface area (Å²) in [6.07, 6.45) is 6.10. The van der Waals surface area contributed by atoms with Crippen LogP contribution in [0, 0.1) is 0 Å². The van der Waals surface area contributed by atoms with Crippen molar-refractivity contribution in [2.24, 2.45) is 0 Å². The Morgan fingerprint density at radius 1 is 1.00 bits per heavy atom. The minimum absolute atomic E-state index is 0.0684. The summed E-state index contributed by atoms with van der Waals surface area (Å²) in [6.45, 7) is 0. The Kier molecular flexibility index (Phi) is 5.01. The highest BCUT2D eigenvalue weighted by Gasteiger charge is 2.19. The van der Waals surface area contributed by atoms with E-state index in [-0.39, 0.29) is 16.3 Å². The molecule has 0 radical (unpaired) electrons. The zero-order valence-corrected chi connectivity index (χ0v) is 14.8. The molecule has 4 nitrogen and oxygen atoms in total. The summed E-state index contributed by atoms with van der Waals surface area (Å²) in [4.78, 5) is 0.168. The lowest BCUT2D eigenvalue weighted by molar-refractivity contribution is 0.443. The molecule has 0 amide bonds. The van der Waals surface area contributed by atoms with Crippen LogP contribution in [0.2, 0.25) is 5.02 Å². The van der Waals surface area contributed by atoms with E-state index in [9.17, 15) is 13.5 Å². The summed E-state index contributed by atoms with van der Waals surface area (Å²) >= 11 is 5.85. The van der Waals surface area contributed by atoms with Crippen molar-refractivity contribution in [2.75, 3.05) is 4.72 Å². The van der Waals surface area contributed by atoms with E-state index in [1.54, 1.807) is 12.1 Å². The lowest BCUT2D eigenvalue weighted by Crippen LogP contribution is -2.13. The van der Waals surface area contributed by atoms with E-state index in [2.05, 4.69) is 4.72 Å².